The second kappa shape index (κ2) is 7.43. The number of nitrogens with zero attached hydrogens (tertiary/aromatic N) is 1. The van der Waals surface area contributed by atoms with E-state index in [-0.39, 0.29) is 27.3 Å². The number of rotatable bonds is 4. The quantitative estimate of drug-likeness (QED) is 0.461. The third kappa shape index (κ3) is 4.20. The van der Waals surface area contributed by atoms with E-state index in [0.29, 0.717) is 5.00 Å². The Hall–Kier alpha value is -2.45. The molecule has 0 saturated carbocycles. The molecule has 0 aliphatic heterocycles. The van der Waals surface area contributed by atoms with Gasteiger partial charge >= 0.3 is 5.97 Å². The van der Waals surface area contributed by atoms with Crippen molar-refractivity contribution >= 4 is 45.5 Å². The highest BCUT2D eigenvalue weighted by Crippen LogP contribution is 2.37. The zero-order valence-electron chi connectivity index (χ0n) is 14.6. The predicted molar refractivity (Wildman–Crippen MR) is 100 cm³/mol. The minimum Gasteiger partial charge on any atom is -0.465 e. The molecule has 0 aliphatic rings. The molecule has 0 spiro atoms. The van der Waals surface area contributed by atoms with Crippen LogP contribution in [0, 0.1) is 10.1 Å². The van der Waals surface area contributed by atoms with Crippen LogP contribution in [0.15, 0.2) is 24.3 Å². The van der Waals surface area contributed by atoms with E-state index in [2.05, 4.69) is 5.32 Å². The van der Waals surface area contributed by atoms with Crippen molar-refractivity contribution in [2.45, 2.75) is 26.2 Å². The zero-order valence-corrected chi connectivity index (χ0v) is 16.2. The number of hydrogen-bond acceptors (Lipinski definition) is 6. The summed E-state index contributed by atoms with van der Waals surface area (Å²) in [4.78, 5) is 35.6. The molecule has 2 rings (SSSR count). The van der Waals surface area contributed by atoms with Crippen LogP contribution in [-0.4, -0.2) is 23.9 Å². The van der Waals surface area contributed by atoms with Crippen molar-refractivity contribution in [2.75, 3.05) is 12.4 Å². The highest BCUT2D eigenvalue weighted by Gasteiger charge is 2.25. The van der Waals surface area contributed by atoms with Gasteiger partial charge in [0.25, 0.3) is 11.6 Å². The first-order valence-electron chi connectivity index (χ1n) is 7.52. The molecule has 1 heterocycles. The Labute approximate surface area is 159 Å². The Morgan fingerprint density at radius 3 is 2.38 bits per heavy atom. The van der Waals surface area contributed by atoms with E-state index >= 15 is 0 Å². The summed E-state index contributed by atoms with van der Waals surface area (Å²) < 4.78 is 4.77. The molecule has 1 aromatic carbocycles. The van der Waals surface area contributed by atoms with Crippen molar-refractivity contribution < 1.29 is 19.2 Å². The van der Waals surface area contributed by atoms with Crippen LogP contribution in [0.5, 0.6) is 0 Å². The molecule has 26 heavy (non-hydrogen) atoms. The van der Waals surface area contributed by atoms with E-state index < -0.39 is 16.8 Å². The third-order valence-corrected chi connectivity index (χ3v) is 5.30. The van der Waals surface area contributed by atoms with Crippen molar-refractivity contribution in [3.63, 3.8) is 0 Å². The van der Waals surface area contributed by atoms with E-state index in [1.165, 1.54) is 30.6 Å². The number of nitrogens with one attached hydrogen (secondary N) is 1. The molecule has 0 fully saturated rings. The maximum Gasteiger partial charge on any atom is 0.340 e. The number of hydrogen-bond donors (Lipinski definition) is 1. The SMILES string of the molecule is COC(=O)c1cc(C(C)(C)C)sc1NC(=O)c1ccc([N+](=O)[O-])cc1Cl. The molecule has 0 bridgehead atoms. The van der Waals surface area contributed by atoms with E-state index in [0.717, 1.165) is 10.9 Å². The molecule has 0 atom stereocenters. The van der Waals surface area contributed by atoms with Gasteiger partial charge in [0, 0.05) is 17.0 Å². The van der Waals surface area contributed by atoms with Crippen LogP contribution in [0.4, 0.5) is 10.7 Å². The Balaban J connectivity index is 2.38. The van der Waals surface area contributed by atoms with Gasteiger partial charge in [-0.3, -0.25) is 14.9 Å². The number of nitro groups is 1. The largest absolute Gasteiger partial charge is 0.465 e. The molecule has 1 N–H and O–H groups in total. The molecule has 1 amide bonds. The van der Waals surface area contributed by atoms with E-state index in [1.807, 2.05) is 20.8 Å². The lowest BCUT2D eigenvalue weighted by molar-refractivity contribution is -0.384. The fourth-order valence-corrected chi connectivity index (χ4v) is 3.45. The normalized spacial score (nSPS) is 11.1. The molecule has 2 aromatic rings. The number of ether oxygens (including phenoxy) is 1. The van der Waals surface area contributed by atoms with Gasteiger partial charge in [-0.25, -0.2) is 4.79 Å². The van der Waals surface area contributed by atoms with Crippen LogP contribution >= 0.6 is 22.9 Å². The van der Waals surface area contributed by atoms with Gasteiger partial charge in [-0.15, -0.1) is 11.3 Å². The number of amides is 1. The van der Waals surface area contributed by atoms with Crippen LogP contribution in [0.2, 0.25) is 5.02 Å². The van der Waals surface area contributed by atoms with Crippen molar-refractivity contribution in [3.8, 4) is 0 Å². The first-order chi connectivity index (χ1) is 12.0. The molecule has 0 saturated heterocycles. The fourth-order valence-electron chi connectivity index (χ4n) is 2.09. The number of benzene rings is 1. The van der Waals surface area contributed by atoms with E-state index in [1.54, 1.807) is 6.07 Å². The predicted octanol–water partition coefficient (Wildman–Crippen LogP) is 4.65. The van der Waals surface area contributed by atoms with Crippen molar-refractivity contribution in [2.24, 2.45) is 0 Å². The summed E-state index contributed by atoms with van der Waals surface area (Å²) in [6, 6.07) is 5.25. The monoisotopic (exact) mass is 396 g/mol. The Morgan fingerprint density at radius 2 is 1.88 bits per heavy atom. The van der Waals surface area contributed by atoms with Crippen LogP contribution in [-0.2, 0) is 10.2 Å². The molecular weight excluding hydrogens is 380 g/mol. The molecule has 9 heteroatoms. The molecule has 0 unspecified atom stereocenters. The molecule has 138 valence electrons. The third-order valence-electron chi connectivity index (χ3n) is 3.51. The number of thiophene rings is 1. The number of carbonyl (C=O) groups excluding carboxylic acids is 2. The molecule has 1 aromatic heterocycles. The van der Waals surface area contributed by atoms with Gasteiger partial charge in [-0.1, -0.05) is 32.4 Å². The Bertz CT molecular complexity index is 886. The van der Waals surface area contributed by atoms with Crippen molar-refractivity contribution in [3.05, 3.63) is 55.4 Å². The second-order valence-corrected chi connectivity index (χ2v) is 7.93. The van der Waals surface area contributed by atoms with Gasteiger partial charge in [-0.2, -0.15) is 0 Å². The van der Waals surface area contributed by atoms with Crippen molar-refractivity contribution in [1.82, 2.24) is 0 Å². The van der Waals surface area contributed by atoms with Crippen LogP contribution in [0.3, 0.4) is 0 Å². The smallest absolute Gasteiger partial charge is 0.340 e. The lowest BCUT2D eigenvalue weighted by Gasteiger charge is -2.15. The topological polar surface area (TPSA) is 98.5 Å². The lowest BCUT2D eigenvalue weighted by Crippen LogP contribution is -2.14. The van der Waals surface area contributed by atoms with Gasteiger partial charge in [0.15, 0.2) is 0 Å². The molecule has 0 radical (unpaired) electrons. The Morgan fingerprint density at radius 1 is 1.23 bits per heavy atom. The maximum absolute atomic E-state index is 12.5. The van der Waals surface area contributed by atoms with E-state index in [4.69, 9.17) is 16.3 Å². The van der Waals surface area contributed by atoms with Gasteiger partial charge in [-0.05, 0) is 17.5 Å². The highest BCUT2D eigenvalue weighted by molar-refractivity contribution is 7.16. The average Bonchev–Trinajstić information content (AvgIpc) is 2.97. The Kier molecular flexibility index (Phi) is 5.68. The fraction of sp³-hybridized carbons (Fsp3) is 0.294. The zero-order chi connectivity index (χ0) is 19.6. The number of nitro benzene ring substituents is 1. The summed E-state index contributed by atoms with van der Waals surface area (Å²) in [5.41, 5.74) is -0.123. The number of esters is 1. The van der Waals surface area contributed by atoms with Crippen molar-refractivity contribution in [1.29, 1.82) is 0 Å². The van der Waals surface area contributed by atoms with Gasteiger partial charge in [0.05, 0.1) is 28.2 Å². The van der Waals surface area contributed by atoms with Crippen LogP contribution < -0.4 is 5.32 Å². The second-order valence-electron chi connectivity index (χ2n) is 6.47. The molecular formula is C17H17ClN2O5S. The maximum atomic E-state index is 12.5. The number of methoxy groups -OCH3 is 1. The van der Waals surface area contributed by atoms with Gasteiger partial charge < -0.3 is 10.1 Å². The number of non-ortho nitro benzene ring substituents is 1. The minimum absolute atomic E-state index is 0.0519. The van der Waals surface area contributed by atoms with E-state index in [9.17, 15) is 19.7 Å². The van der Waals surface area contributed by atoms with Crippen LogP contribution in [0.25, 0.3) is 0 Å². The molecule has 7 nitrogen and oxygen atoms in total. The number of halogens is 1. The van der Waals surface area contributed by atoms with Crippen LogP contribution in [0.1, 0.15) is 46.4 Å². The average molecular weight is 397 g/mol. The van der Waals surface area contributed by atoms with Gasteiger partial charge in [0.2, 0.25) is 0 Å². The summed E-state index contributed by atoms with van der Waals surface area (Å²) in [5, 5.41) is 13.7. The first-order valence-corrected chi connectivity index (χ1v) is 8.72. The first kappa shape index (κ1) is 19.9. The lowest BCUT2D eigenvalue weighted by atomic mass is 9.94. The summed E-state index contributed by atoms with van der Waals surface area (Å²) in [5.74, 6) is -1.14. The summed E-state index contributed by atoms with van der Waals surface area (Å²) in [6.45, 7) is 5.95. The number of carbonyl (C=O) groups is 2. The van der Waals surface area contributed by atoms with Gasteiger partial charge in [0.1, 0.15) is 5.00 Å². The number of anilines is 1. The summed E-state index contributed by atoms with van der Waals surface area (Å²) in [6.07, 6.45) is 0. The minimum atomic E-state index is -0.599. The summed E-state index contributed by atoms with van der Waals surface area (Å²) in [7, 11) is 1.26. The summed E-state index contributed by atoms with van der Waals surface area (Å²) >= 11 is 7.25. The highest BCUT2D eigenvalue weighted by atomic mass is 35.5. The standard InChI is InChI=1S/C17H17ClN2O5S/c1-17(2,3)13-8-11(16(22)25-4)15(26-13)19-14(21)10-6-5-9(20(23)24)7-12(10)18/h5-8H,1-4H3,(H,19,21). The molecule has 0 aliphatic carbocycles.